The second-order valence-electron chi connectivity index (χ2n) is 5.45. The molecule has 1 aliphatic heterocycles. The Kier molecular flexibility index (Phi) is 3.82. The van der Waals surface area contributed by atoms with Gasteiger partial charge in [0.05, 0.1) is 11.5 Å². The van der Waals surface area contributed by atoms with Crippen LogP contribution in [0.4, 0.5) is 0 Å². The fraction of sp³-hybridized carbons (Fsp3) is 0.235. The summed E-state index contributed by atoms with van der Waals surface area (Å²) in [6.07, 6.45) is 0. The maximum atomic E-state index is 12.5. The molecule has 1 aromatic carbocycles. The summed E-state index contributed by atoms with van der Waals surface area (Å²) in [5.41, 5.74) is 1.07. The summed E-state index contributed by atoms with van der Waals surface area (Å²) in [5.74, 6) is 0.344. The van der Waals surface area contributed by atoms with Gasteiger partial charge in [0, 0.05) is 10.6 Å². The Hall–Kier alpha value is -2.40. The summed E-state index contributed by atoms with van der Waals surface area (Å²) in [7, 11) is 0. The number of H-pyrrole nitrogens is 1. The molecular formula is C17H15ClN2O3. The predicted molar refractivity (Wildman–Crippen MR) is 86.9 cm³/mol. The lowest BCUT2D eigenvalue weighted by Crippen LogP contribution is -2.28. The highest BCUT2D eigenvalue weighted by atomic mass is 35.5. The van der Waals surface area contributed by atoms with E-state index in [9.17, 15) is 9.59 Å². The van der Waals surface area contributed by atoms with E-state index in [-0.39, 0.29) is 17.2 Å². The number of nitrogens with one attached hydrogen (secondary N) is 1. The number of carbonyl (C=O) groups is 1. The molecule has 0 bridgehead atoms. The van der Waals surface area contributed by atoms with E-state index in [1.165, 1.54) is 6.92 Å². The lowest BCUT2D eigenvalue weighted by atomic mass is 9.82. The number of aromatic amines is 1. The van der Waals surface area contributed by atoms with Crippen molar-refractivity contribution >= 4 is 17.4 Å². The number of fused-ring (bicyclic) bond motifs is 1. The Balaban J connectivity index is 2.36. The van der Waals surface area contributed by atoms with Gasteiger partial charge in [-0.05, 0) is 32.4 Å². The van der Waals surface area contributed by atoms with Gasteiger partial charge in [0.25, 0.3) is 5.56 Å². The van der Waals surface area contributed by atoms with Crippen molar-refractivity contribution in [2.24, 2.45) is 0 Å². The molecule has 0 fully saturated rings. The number of aryl methyl sites for hydroxylation is 1. The molecule has 0 saturated carbocycles. The number of ketones is 1. The Labute approximate surface area is 138 Å². The molecule has 6 heteroatoms. The Morgan fingerprint density at radius 3 is 2.65 bits per heavy atom. The van der Waals surface area contributed by atoms with E-state index >= 15 is 0 Å². The molecule has 0 spiro atoms. The molecule has 2 aromatic rings. The first-order valence-corrected chi connectivity index (χ1v) is 7.52. The smallest absolute Gasteiger partial charge is 0.258 e. The van der Waals surface area contributed by atoms with Crippen molar-refractivity contribution in [3.63, 3.8) is 0 Å². The monoisotopic (exact) mass is 330 g/mol. The van der Waals surface area contributed by atoms with Crippen LogP contribution in [-0.2, 0) is 4.79 Å². The highest BCUT2D eigenvalue weighted by molar-refractivity contribution is 6.31. The first-order chi connectivity index (χ1) is 10.9. The topological polar surface area (TPSA) is 72.0 Å². The average Bonchev–Trinajstić information content (AvgIpc) is 2.45. The fourth-order valence-corrected chi connectivity index (χ4v) is 3.17. The summed E-state index contributed by atoms with van der Waals surface area (Å²) in [5, 5.41) is 0.483. The van der Waals surface area contributed by atoms with Gasteiger partial charge in [-0.15, -0.1) is 0 Å². The van der Waals surface area contributed by atoms with Gasteiger partial charge in [0.2, 0.25) is 5.88 Å². The number of ether oxygens (including phenoxy) is 1. The number of rotatable bonds is 2. The zero-order valence-corrected chi connectivity index (χ0v) is 13.7. The van der Waals surface area contributed by atoms with Crippen molar-refractivity contribution in [1.82, 2.24) is 9.97 Å². The third-order valence-corrected chi connectivity index (χ3v) is 4.18. The number of Topliss-reactive ketones (excluding diaryl/α,β-unsaturated/α-hetero) is 1. The summed E-state index contributed by atoms with van der Waals surface area (Å²) in [6.45, 7) is 4.82. The van der Waals surface area contributed by atoms with Crippen LogP contribution in [0.5, 0.6) is 5.88 Å². The molecule has 0 radical (unpaired) electrons. The van der Waals surface area contributed by atoms with Crippen molar-refractivity contribution in [1.29, 1.82) is 0 Å². The summed E-state index contributed by atoms with van der Waals surface area (Å²) < 4.78 is 5.64. The van der Waals surface area contributed by atoms with Crippen LogP contribution < -0.4 is 10.3 Å². The summed E-state index contributed by atoms with van der Waals surface area (Å²) in [6, 6.07) is 7.15. The molecular weight excluding hydrogens is 316 g/mol. The van der Waals surface area contributed by atoms with Gasteiger partial charge in [0.15, 0.2) is 5.78 Å². The standard InChI is InChI=1S/C17H15ClN2O3/c1-8(21)13-9(2)23-17-15(16(22)19-10(3)20-17)14(13)11-6-4-5-7-12(11)18/h4-7,14H,1-3H3,(H,19,20,22). The van der Waals surface area contributed by atoms with Crippen molar-refractivity contribution in [2.45, 2.75) is 26.7 Å². The van der Waals surface area contributed by atoms with Gasteiger partial charge >= 0.3 is 0 Å². The first-order valence-electron chi connectivity index (χ1n) is 7.15. The van der Waals surface area contributed by atoms with Crippen LogP contribution in [0.3, 0.4) is 0 Å². The number of aromatic nitrogens is 2. The highest BCUT2D eigenvalue weighted by Crippen LogP contribution is 2.42. The largest absolute Gasteiger partial charge is 0.443 e. The van der Waals surface area contributed by atoms with Gasteiger partial charge < -0.3 is 9.72 Å². The van der Waals surface area contributed by atoms with Crippen LogP contribution in [0.1, 0.15) is 36.7 Å². The van der Waals surface area contributed by atoms with Crippen molar-refractivity contribution < 1.29 is 9.53 Å². The van der Waals surface area contributed by atoms with Crippen LogP contribution >= 0.6 is 11.6 Å². The maximum Gasteiger partial charge on any atom is 0.258 e. The van der Waals surface area contributed by atoms with Crippen LogP contribution in [0, 0.1) is 6.92 Å². The molecule has 0 saturated heterocycles. The van der Waals surface area contributed by atoms with E-state index in [0.29, 0.717) is 33.3 Å². The SMILES string of the molecule is CC(=O)C1=C(C)Oc2nc(C)[nH]c(=O)c2C1c1ccccc1Cl. The van der Waals surface area contributed by atoms with E-state index in [1.807, 2.05) is 6.07 Å². The molecule has 23 heavy (non-hydrogen) atoms. The normalized spacial score (nSPS) is 16.8. The lowest BCUT2D eigenvalue weighted by Gasteiger charge is -2.28. The second-order valence-corrected chi connectivity index (χ2v) is 5.86. The van der Waals surface area contributed by atoms with Gasteiger partial charge in [-0.1, -0.05) is 29.8 Å². The van der Waals surface area contributed by atoms with Crippen LogP contribution in [0.2, 0.25) is 5.02 Å². The Bertz CT molecular complexity index is 899. The molecule has 118 valence electrons. The fourth-order valence-electron chi connectivity index (χ4n) is 2.92. The minimum Gasteiger partial charge on any atom is -0.443 e. The molecule has 1 aromatic heterocycles. The molecule has 5 nitrogen and oxygen atoms in total. The predicted octanol–water partition coefficient (Wildman–Crippen LogP) is 3.12. The van der Waals surface area contributed by atoms with E-state index in [0.717, 1.165) is 0 Å². The quantitative estimate of drug-likeness (QED) is 0.918. The van der Waals surface area contributed by atoms with E-state index in [2.05, 4.69) is 9.97 Å². The van der Waals surface area contributed by atoms with Crippen molar-refractivity contribution in [3.05, 3.63) is 67.9 Å². The van der Waals surface area contributed by atoms with Gasteiger partial charge in [0.1, 0.15) is 11.6 Å². The Morgan fingerprint density at radius 2 is 2.00 bits per heavy atom. The van der Waals surface area contributed by atoms with Crippen molar-refractivity contribution in [2.75, 3.05) is 0 Å². The number of hydrogen-bond donors (Lipinski definition) is 1. The lowest BCUT2D eigenvalue weighted by molar-refractivity contribution is -0.114. The van der Waals surface area contributed by atoms with Gasteiger partial charge in [-0.3, -0.25) is 9.59 Å². The third-order valence-electron chi connectivity index (χ3n) is 3.84. The summed E-state index contributed by atoms with van der Waals surface area (Å²) >= 11 is 6.32. The minimum absolute atomic E-state index is 0.168. The van der Waals surface area contributed by atoms with Crippen LogP contribution in [-0.4, -0.2) is 15.8 Å². The molecule has 3 rings (SSSR count). The second kappa shape index (κ2) is 5.66. The highest BCUT2D eigenvalue weighted by Gasteiger charge is 2.36. The third kappa shape index (κ3) is 2.57. The molecule has 0 amide bonds. The molecule has 1 N–H and O–H groups in total. The zero-order chi connectivity index (χ0) is 16.7. The molecule has 0 aliphatic carbocycles. The first kappa shape index (κ1) is 15.5. The molecule has 1 unspecified atom stereocenters. The zero-order valence-electron chi connectivity index (χ0n) is 12.9. The van der Waals surface area contributed by atoms with E-state index in [4.69, 9.17) is 16.3 Å². The number of carbonyl (C=O) groups excluding carboxylic acids is 1. The van der Waals surface area contributed by atoms with Crippen LogP contribution in [0.15, 0.2) is 40.4 Å². The maximum absolute atomic E-state index is 12.5. The average molecular weight is 331 g/mol. The summed E-state index contributed by atoms with van der Waals surface area (Å²) in [4.78, 5) is 31.6. The number of benzene rings is 1. The minimum atomic E-state index is -0.596. The van der Waals surface area contributed by atoms with Gasteiger partial charge in [-0.2, -0.15) is 4.98 Å². The Morgan fingerprint density at radius 1 is 1.30 bits per heavy atom. The number of nitrogens with zero attached hydrogens (tertiary/aromatic N) is 1. The number of halogens is 1. The van der Waals surface area contributed by atoms with Gasteiger partial charge in [-0.25, -0.2) is 0 Å². The molecule has 1 atom stereocenters. The van der Waals surface area contributed by atoms with E-state index < -0.39 is 5.92 Å². The molecule has 2 heterocycles. The number of allylic oxidation sites excluding steroid dienone is 2. The van der Waals surface area contributed by atoms with E-state index in [1.54, 1.807) is 32.0 Å². The van der Waals surface area contributed by atoms with Crippen LogP contribution in [0.25, 0.3) is 0 Å². The van der Waals surface area contributed by atoms with Crippen molar-refractivity contribution in [3.8, 4) is 5.88 Å². The molecule has 1 aliphatic rings. The number of hydrogen-bond acceptors (Lipinski definition) is 4.